The first-order valence-electron chi connectivity index (χ1n) is 4.72. The molecule has 0 spiro atoms. The number of rotatable bonds is 2. The van der Waals surface area contributed by atoms with Crippen molar-refractivity contribution < 1.29 is 9.50 Å². The molecule has 0 fully saturated rings. The van der Waals surface area contributed by atoms with Crippen LogP contribution >= 0.6 is 0 Å². The van der Waals surface area contributed by atoms with E-state index in [0.717, 1.165) is 5.39 Å². The maximum atomic E-state index is 13.4. The molecule has 1 unspecified atom stereocenters. The maximum Gasteiger partial charge on any atom is 0.131 e. The van der Waals surface area contributed by atoms with Crippen LogP contribution in [0.25, 0.3) is 10.8 Å². The molecule has 0 saturated heterocycles. The molecule has 0 saturated carbocycles. The highest BCUT2D eigenvalue weighted by molar-refractivity contribution is 5.86. The molecule has 76 valence electrons. The van der Waals surface area contributed by atoms with Crippen LogP contribution in [0.15, 0.2) is 49.1 Å². The summed E-state index contributed by atoms with van der Waals surface area (Å²) in [6.07, 6.45) is 0.676. The van der Waals surface area contributed by atoms with Gasteiger partial charge in [-0.2, -0.15) is 0 Å². The van der Waals surface area contributed by atoms with Crippen LogP contribution in [0.2, 0.25) is 0 Å². The standard InChI is InChI=1S/C13H11FO/c1-2-13(15)11-7-3-6-10-9(11)5-4-8-12(10)14/h2-8,13,15H,1H2. The molecule has 2 heteroatoms. The summed E-state index contributed by atoms with van der Waals surface area (Å²) in [5, 5.41) is 10.9. The van der Waals surface area contributed by atoms with Gasteiger partial charge in [0, 0.05) is 5.39 Å². The van der Waals surface area contributed by atoms with E-state index in [1.807, 2.05) is 0 Å². The second-order valence-electron chi connectivity index (χ2n) is 3.36. The largest absolute Gasteiger partial charge is 0.384 e. The first kappa shape index (κ1) is 9.87. The van der Waals surface area contributed by atoms with Crippen LogP contribution < -0.4 is 0 Å². The van der Waals surface area contributed by atoms with Crippen molar-refractivity contribution in [3.8, 4) is 0 Å². The Morgan fingerprint density at radius 3 is 2.53 bits per heavy atom. The SMILES string of the molecule is C=CC(O)c1cccc2c(F)cccc12. The Kier molecular flexibility index (Phi) is 2.52. The van der Waals surface area contributed by atoms with Gasteiger partial charge in [0.2, 0.25) is 0 Å². The van der Waals surface area contributed by atoms with Gasteiger partial charge in [0.25, 0.3) is 0 Å². The summed E-state index contributed by atoms with van der Waals surface area (Å²) in [5.74, 6) is -0.273. The molecule has 0 amide bonds. The molecule has 0 heterocycles. The molecule has 1 atom stereocenters. The van der Waals surface area contributed by atoms with E-state index in [4.69, 9.17) is 0 Å². The minimum atomic E-state index is -0.754. The lowest BCUT2D eigenvalue weighted by atomic mass is 10.0. The number of hydrogen-bond donors (Lipinski definition) is 1. The number of fused-ring (bicyclic) bond motifs is 1. The topological polar surface area (TPSA) is 20.2 Å². The van der Waals surface area contributed by atoms with E-state index in [-0.39, 0.29) is 5.82 Å². The zero-order valence-corrected chi connectivity index (χ0v) is 8.15. The summed E-state index contributed by atoms with van der Waals surface area (Å²) in [4.78, 5) is 0. The van der Waals surface area contributed by atoms with Gasteiger partial charge in [0.05, 0.1) is 6.10 Å². The van der Waals surface area contributed by atoms with E-state index in [1.54, 1.807) is 30.3 Å². The van der Waals surface area contributed by atoms with Gasteiger partial charge in [-0.05, 0) is 17.0 Å². The first-order chi connectivity index (χ1) is 7.24. The molecule has 0 bridgehead atoms. The Hall–Kier alpha value is -1.67. The van der Waals surface area contributed by atoms with Gasteiger partial charge in [-0.25, -0.2) is 4.39 Å². The van der Waals surface area contributed by atoms with Crippen LogP contribution in [0.1, 0.15) is 11.7 Å². The van der Waals surface area contributed by atoms with Gasteiger partial charge in [0.1, 0.15) is 5.82 Å². The second kappa shape index (κ2) is 3.83. The van der Waals surface area contributed by atoms with Gasteiger partial charge in [0.15, 0.2) is 0 Å². The lowest BCUT2D eigenvalue weighted by molar-refractivity contribution is 0.230. The molecule has 0 aliphatic rings. The van der Waals surface area contributed by atoms with Crippen molar-refractivity contribution in [2.24, 2.45) is 0 Å². The molecule has 0 aromatic heterocycles. The van der Waals surface area contributed by atoms with E-state index in [9.17, 15) is 9.50 Å². The Morgan fingerprint density at radius 1 is 1.13 bits per heavy atom. The van der Waals surface area contributed by atoms with Gasteiger partial charge in [-0.3, -0.25) is 0 Å². The molecule has 2 rings (SSSR count). The van der Waals surface area contributed by atoms with E-state index in [2.05, 4.69) is 6.58 Å². The molecule has 1 N–H and O–H groups in total. The Labute approximate surface area is 87.5 Å². The van der Waals surface area contributed by atoms with Crippen molar-refractivity contribution in [1.82, 2.24) is 0 Å². The highest BCUT2D eigenvalue weighted by Crippen LogP contribution is 2.26. The monoisotopic (exact) mass is 202 g/mol. The summed E-state index contributed by atoms with van der Waals surface area (Å²) >= 11 is 0. The molecule has 15 heavy (non-hydrogen) atoms. The van der Waals surface area contributed by atoms with Crippen molar-refractivity contribution >= 4 is 10.8 Å². The predicted octanol–water partition coefficient (Wildman–Crippen LogP) is 3.20. The lowest BCUT2D eigenvalue weighted by Gasteiger charge is -2.09. The molecule has 0 radical (unpaired) electrons. The second-order valence-corrected chi connectivity index (χ2v) is 3.36. The highest BCUT2D eigenvalue weighted by Gasteiger charge is 2.08. The van der Waals surface area contributed by atoms with Crippen molar-refractivity contribution in [2.45, 2.75) is 6.10 Å². The number of halogens is 1. The van der Waals surface area contributed by atoms with E-state index < -0.39 is 6.10 Å². The van der Waals surface area contributed by atoms with Crippen LogP contribution in [0, 0.1) is 5.82 Å². The van der Waals surface area contributed by atoms with Gasteiger partial charge >= 0.3 is 0 Å². The summed E-state index contributed by atoms with van der Waals surface area (Å²) < 4.78 is 13.4. The Bertz CT molecular complexity index is 505. The fourth-order valence-electron chi connectivity index (χ4n) is 1.68. The summed E-state index contributed by atoms with van der Waals surface area (Å²) in [6.45, 7) is 3.52. The molecular formula is C13H11FO. The van der Waals surface area contributed by atoms with E-state index in [0.29, 0.717) is 10.9 Å². The molecule has 2 aromatic carbocycles. The average molecular weight is 202 g/mol. The van der Waals surface area contributed by atoms with E-state index >= 15 is 0 Å². The van der Waals surface area contributed by atoms with Gasteiger partial charge in [-0.1, -0.05) is 36.4 Å². The minimum Gasteiger partial charge on any atom is -0.384 e. The lowest BCUT2D eigenvalue weighted by Crippen LogP contribution is -1.94. The van der Waals surface area contributed by atoms with Crippen molar-refractivity contribution in [2.75, 3.05) is 0 Å². The van der Waals surface area contributed by atoms with Crippen LogP contribution in [0.4, 0.5) is 4.39 Å². The van der Waals surface area contributed by atoms with Crippen LogP contribution in [0.5, 0.6) is 0 Å². The molecule has 1 nitrogen and oxygen atoms in total. The maximum absolute atomic E-state index is 13.4. The molecule has 2 aromatic rings. The third-order valence-electron chi connectivity index (χ3n) is 2.44. The van der Waals surface area contributed by atoms with Crippen LogP contribution in [-0.4, -0.2) is 5.11 Å². The molecular weight excluding hydrogens is 191 g/mol. The third kappa shape index (κ3) is 1.64. The van der Waals surface area contributed by atoms with E-state index in [1.165, 1.54) is 12.1 Å². The normalized spacial score (nSPS) is 12.7. The quantitative estimate of drug-likeness (QED) is 0.741. The third-order valence-corrected chi connectivity index (χ3v) is 2.44. The predicted molar refractivity (Wildman–Crippen MR) is 59.1 cm³/mol. The van der Waals surface area contributed by atoms with Crippen molar-refractivity contribution in [1.29, 1.82) is 0 Å². The fraction of sp³-hybridized carbons (Fsp3) is 0.0769. The Balaban J connectivity index is 2.76. The zero-order valence-electron chi connectivity index (χ0n) is 8.15. The van der Waals surface area contributed by atoms with Crippen molar-refractivity contribution in [3.63, 3.8) is 0 Å². The highest BCUT2D eigenvalue weighted by atomic mass is 19.1. The molecule has 0 aliphatic heterocycles. The summed E-state index contributed by atoms with van der Waals surface area (Å²) in [7, 11) is 0. The fourth-order valence-corrected chi connectivity index (χ4v) is 1.68. The summed E-state index contributed by atoms with van der Waals surface area (Å²) in [5.41, 5.74) is 0.682. The number of hydrogen-bond acceptors (Lipinski definition) is 1. The summed E-state index contributed by atoms with van der Waals surface area (Å²) in [6, 6.07) is 10.0. The smallest absolute Gasteiger partial charge is 0.131 e. The van der Waals surface area contributed by atoms with Crippen LogP contribution in [0.3, 0.4) is 0 Å². The Morgan fingerprint density at radius 2 is 1.80 bits per heavy atom. The molecule has 0 aliphatic carbocycles. The number of benzene rings is 2. The first-order valence-corrected chi connectivity index (χ1v) is 4.72. The zero-order chi connectivity index (χ0) is 10.8. The minimum absolute atomic E-state index is 0.273. The number of aliphatic hydroxyl groups excluding tert-OH is 1. The van der Waals surface area contributed by atoms with Gasteiger partial charge < -0.3 is 5.11 Å². The van der Waals surface area contributed by atoms with Crippen molar-refractivity contribution in [3.05, 3.63) is 60.4 Å². The van der Waals surface area contributed by atoms with Gasteiger partial charge in [-0.15, -0.1) is 6.58 Å². The van der Waals surface area contributed by atoms with Crippen LogP contribution in [-0.2, 0) is 0 Å². The number of aliphatic hydroxyl groups is 1. The average Bonchev–Trinajstić information content (AvgIpc) is 2.28.